The van der Waals surface area contributed by atoms with Crippen molar-refractivity contribution in [2.45, 2.75) is 25.6 Å². The SMILES string of the molecule is C#CC(CC)NC(=O)c1ccc(C(F)(F)F)cc1. The highest BCUT2D eigenvalue weighted by atomic mass is 19.4. The van der Waals surface area contributed by atoms with Crippen molar-refractivity contribution in [2.75, 3.05) is 0 Å². The summed E-state index contributed by atoms with van der Waals surface area (Å²) >= 11 is 0. The predicted molar refractivity (Wildman–Crippen MR) is 61.8 cm³/mol. The van der Waals surface area contributed by atoms with Crippen LogP contribution in [0.2, 0.25) is 0 Å². The van der Waals surface area contributed by atoms with Crippen molar-refractivity contribution in [1.29, 1.82) is 0 Å². The average Bonchev–Trinajstić information content (AvgIpc) is 2.34. The lowest BCUT2D eigenvalue weighted by Gasteiger charge is -2.11. The molecule has 0 spiro atoms. The van der Waals surface area contributed by atoms with Gasteiger partial charge in [0, 0.05) is 5.56 Å². The maximum atomic E-state index is 12.3. The van der Waals surface area contributed by atoms with Crippen LogP contribution in [0.25, 0.3) is 0 Å². The molecule has 1 unspecified atom stereocenters. The second-order valence-electron chi connectivity index (χ2n) is 3.68. The van der Waals surface area contributed by atoms with E-state index in [1.807, 2.05) is 0 Å². The van der Waals surface area contributed by atoms with Crippen LogP contribution < -0.4 is 5.32 Å². The Kier molecular flexibility index (Phi) is 4.38. The molecule has 1 aromatic rings. The third-order valence-electron chi connectivity index (χ3n) is 2.39. The van der Waals surface area contributed by atoms with Gasteiger partial charge >= 0.3 is 6.18 Å². The number of nitrogens with one attached hydrogen (secondary N) is 1. The molecular weight excluding hydrogens is 243 g/mol. The van der Waals surface area contributed by atoms with E-state index in [-0.39, 0.29) is 5.56 Å². The summed E-state index contributed by atoms with van der Waals surface area (Å²) < 4.78 is 36.9. The van der Waals surface area contributed by atoms with Gasteiger partial charge in [0.05, 0.1) is 11.6 Å². The van der Waals surface area contributed by atoms with Gasteiger partial charge in [-0.15, -0.1) is 6.42 Å². The van der Waals surface area contributed by atoms with Crippen molar-refractivity contribution in [2.24, 2.45) is 0 Å². The van der Waals surface area contributed by atoms with Crippen LogP contribution in [0.15, 0.2) is 24.3 Å². The number of hydrogen-bond acceptors (Lipinski definition) is 1. The van der Waals surface area contributed by atoms with E-state index in [0.29, 0.717) is 6.42 Å². The highest BCUT2D eigenvalue weighted by Crippen LogP contribution is 2.29. The minimum Gasteiger partial charge on any atom is -0.338 e. The van der Waals surface area contributed by atoms with Gasteiger partial charge in [-0.25, -0.2) is 0 Å². The van der Waals surface area contributed by atoms with Crippen LogP contribution >= 0.6 is 0 Å². The van der Waals surface area contributed by atoms with E-state index in [1.165, 1.54) is 0 Å². The Morgan fingerprint density at radius 3 is 2.33 bits per heavy atom. The van der Waals surface area contributed by atoms with E-state index in [1.54, 1.807) is 6.92 Å². The fraction of sp³-hybridized carbons (Fsp3) is 0.308. The van der Waals surface area contributed by atoms with Gasteiger partial charge in [-0.1, -0.05) is 12.8 Å². The summed E-state index contributed by atoms with van der Waals surface area (Å²) in [5.41, 5.74) is -0.639. The molecule has 1 amide bonds. The van der Waals surface area contributed by atoms with Crippen molar-refractivity contribution >= 4 is 5.91 Å². The van der Waals surface area contributed by atoms with E-state index >= 15 is 0 Å². The Hall–Kier alpha value is -1.96. The number of rotatable bonds is 3. The molecule has 96 valence electrons. The Morgan fingerprint density at radius 2 is 1.94 bits per heavy atom. The summed E-state index contributed by atoms with van der Waals surface area (Å²) in [6.07, 6.45) is 1.33. The van der Waals surface area contributed by atoms with Crippen molar-refractivity contribution in [3.8, 4) is 12.3 Å². The lowest BCUT2D eigenvalue weighted by molar-refractivity contribution is -0.137. The van der Waals surface area contributed by atoms with Crippen LogP contribution in [0.3, 0.4) is 0 Å². The van der Waals surface area contributed by atoms with Crippen LogP contribution in [0, 0.1) is 12.3 Å². The Morgan fingerprint density at radius 1 is 1.39 bits per heavy atom. The molecule has 1 rings (SSSR count). The highest BCUT2D eigenvalue weighted by Gasteiger charge is 2.30. The number of carbonyl (C=O) groups excluding carboxylic acids is 1. The third kappa shape index (κ3) is 3.52. The molecule has 5 heteroatoms. The molecule has 1 aromatic carbocycles. The summed E-state index contributed by atoms with van der Waals surface area (Å²) in [5.74, 6) is 1.90. The van der Waals surface area contributed by atoms with E-state index in [0.717, 1.165) is 24.3 Å². The monoisotopic (exact) mass is 255 g/mol. The fourth-order valence-corrected chi connectivity index (χ4v) is 1.31. The predicted octanol–water partition coefficient (Wildman–Crippen LogP) is 2.85. The van der Waals surface area contributed by atoms with Gasteiger partial charge in [0.15, 0.2) is 0 Å². The van der Waals surface area contributed by atoms with Gasteiger partial charge < -0.3 is 5.32 Å². The molecule has 18 heavy (non-hydrogen) atoms. The molecule has 0 radical (unpaired) electrons. The van der Waals surface area contributed by atoms with Gasteiger partial charge in [0.2, 0.25) is 0 Å². The molecular formula is C13H12F3NO. The normalized spacial score (nSPS) is 12.6. The second kappa shape index (κ2) is 5.58. The van der Waals surface area contributed by atoms with Crippen LogP contribution in [-0.2, 0) is 6.18 Å². The van der Waals surface area contributed by atoms with Crippen molar-refractivity contribution in [3.63, 3.8) is 0 Å². The molecule has 2 nitrogen and oxygen atoms in total. The molecule has 0 saturated heterocycles. The topological polar surface area (TPSA) is 29.1 Å². The summed E-state index contributed by atoms with van der Waals surface area (Å²) in [4.78, 5) is 11.6. The number of halogens is 3. The number of hydrogen-bond donors (Lipinski definition) is 1. The molecule has 0 aliphatic heterocycles. The lowest BCUT2D eigenvalue weighted by atomic mass is 10.1. The van der Waals surface area contributed by atoms with Gasteiger partial charge in [-0.3, -0.25) is 4.79 Å². The van der Waals surface area contributed by atoms with Gasteiger partial charge in [0.25, 0.3) is 5.91 Å². The molecule has 0 aliphatic carbocycles. The lowest BCUT2D eigenvalue weighted by Crippen LogP contribution is -2.33. The summed E-state index contributed by atoms with van der Waals surface area (Å²) in [7, 11) is 0. The van der Waals surface area contributed by atoms with Crippen LogP contribution in [0.5, 0.6) is 0 Å². The zero-order valence-corrected chi connectivity index (χ0v) is 9.71. The van der Waals surface area contributed by atoms with Gasteiger partial charge in [-0.05, 0) is 30.7 Å². The molecule has 0 bridgehead atoms. The zero-order valence-electron chi connectivity index (χ0n) is 9.71. The van der Waals surface area contributed by atoms with Crippen molar-refractivity contribution in [3.05, 3.63) is 35.4 Å². The summed E-state index contributed by atoms with van der Waals surface area (Å²) in [5, 5.41) is 2.53. The summed E-state index contributed by atoms with van der Waals surface area (Å²) in [6, 6.07) is 3.57. The largest absolute Gasteiger partial charge is 0.416 e. The molecule has 0 saturated carbocycles. The van der Waals surface area contributed by atoms with Crippen LogP contribution in [0.4, 0.5) is 13.2 Å². The quantitative estimate of drug-likeness (QED) is 0.827. The molecule has 0 aromatic heterocycles. The summed E-state index contributed by atoms with van der Waals surface area (Å²) in [6.45, 7) is 1.80. The minimum absolute atomic E-state index is 0.150. The number of benzene rings is 1. The van der Waals surface area contributed by atoms with Crippen LogP contribution in [-0.4, -0.2) is 11.9 Å². The van der Waals surface area contributed by atoms with E-state index in [9.17, 15) is 18.0 Å². The Bertz CT molecular complexity index is 457. The van der Waals surface area contributed by atoms with E-state index < -0.39 is 23.7 Å². The molecule has 1 N–H and O–H groups in total. The first-order chi connectivity index (χ1) is 8.38. The molecule has 0 aliphatic rings. The standard InChI is InChI=1S/C13H12F3NO/c1-3-11(4-2)17-12(18)9-5-7-10(8-6-9)13(14,15)16/h1,5-8,11H,4H2,2H3,(H,17,18). The first kappa shape index (κ1) is 14.1. The van der Waals surface area contributed by atoms with Crippen molar-refractivity contribution < 1.29 is 18.0 Å². The zero-order chi connectivity index (χ0) is 13.8. The average molecular weight is 255 g/mol. The Labute approximate surface area is 103 Å². The van der Waals surface area contributed by atoms with Crippen LogP contribution in [0.1, 0.15) is 29.3 Å². The smallest absolute Gasteiger partial charge is 0.338 e. The number of terminal acetylenes is 1. The minimum atomic E-state index is -4.40. The second-order valence-corrected chi connectivity index (χ2v) is 3.68. The maximum Gasteiger partial charge on any atom is 0.416 e. The molecule has 0 heterocycles. The van der Waals surface area contributed by atoms with E-state index in [4.69, 9.17) is 6.42 Å². The molecule has 1 atom stereocenters. The third-order valence-corrected chi connectivity index (χ3v) is 2.39. The maximum absolute atomic E-state index is 12.3. The fourth-order valence-electron chi connectivity index (χ4n) is 1.31. The molecule has 0 fully saturated rings. The van der Waals surface area contributed by atoms with E-state index in [2.05, 4.69) is 11.2 Å². The number of amides is 1. The highest BCUT2D eigenvalue weighted by molar-refractivity contribution is 5.94. The number of alkyl halides is 3. The number of carbonyl (C=O) groups is 1. The first-order valence-corrected chi connectivity index (χ1v) is 5.32. The van der Waals surface area contributed by atoms with Gasteiger partial charge in [-0.2, -0.15) is 13.2 Å². The van der Waals surface area contributed by atoms with Gasteiger partial charge in [0.1, 0.15) is 0 Å². The van der Waals surface area contributed by atoms with Crippen molar-refractivity contribution in [1.82, 2.24) is 5.32 Å². The Balaban J connectivity index is 2.80. The first-order valence-electron chi connectivity index (χ1n) is 5.32.